The van der Waals surface area contributed by atoms with Gasteiger partial charge in [-0.15, -0.1) is 0 Å². The van der Waals surface area contributed by atoms with Crippen LogP contribution in [0.15, 0.2) is 33.7 Å². The Balaban J connectivity index is 1.67. The first-order valence-corrected chi connectivity index (χ1v) is 9.25. The molecule has 1 saturated heterocycles. The molecule has 2 aromatic rings. The van der Waals surface area contributed by atoms with Crippen LogP contribution < -0.4 is 5.32 Å². The van der Waals surface area contributed by atoms with E-state index in [4.69, 9.17) is 4.52 Å². The molecular formula is C15H19N3O3S. The maximum atomic E-state index is 11.4. The van der Waals surface area contributed by atoms with E-state index in [1.807, 2.05) is 0 Å². The molecule has 3 rings (SSSR count). The number of hydrogen-bond acceptors (Lipinski definition) is 6. The standard InChI is InChI=1S/C15H19N3O3S/c1-22(19,20)13-5-3-12(4-6-13)15-17-14(21-18-15)7-2-11-8-9-16-10-11/h3-6,11,16H,2,7-10H2,1H3. The molecule has 0 bridgehead atoms. The fourth-order valence-electron chi connectivity index (χ4n) is 2.61. The summed E-state index contributed by atoms with van der Waals surface area (Å²) in [6, 6.07) is 6.52. The Bertz CT molecular complexity index is 732. The summed E-state index contributed by atoms with van der Waals surface area (Å²) in [5.41, 5.74) is 0.755. The molecule has 1 N–H and O–H groups in total. The molecule has 1 aromatic heterocycles. The molecule has 0 radical (unpaired) electrons. The average molecular weight is 321 g/mol. The van der Waals surface area contributed by atoms with Crippen molar-refractivity contribution in [2.45, 2.75) is 24.2 Å². The van der Waals surface area contributed by atoms with Gasteiger partial charge in [-0.3, -0.25) is 0 Å². The Hall–Kier alpha value is -1.73. The monoisotopic (exact) mass is 321 g/mol. The van der Waals surface area contributed by atoms with E-state index in [0.717, 1.165) is 31.5 Å². The van der Waals surface area contributed by atoms with Crippen LogP contribution in [0.3, 0.4) is 0 Å². The summed E-state index contributed by atoms with van der Waals surface area (Å²) in [4.78, 5) is 4.67. The van der Waals surface area contributed by atoms with E-state index < -0.39 is 9.84 Å². The van der Waals surface area contributed by atoms with E-state index in [2.05, 4.69) is 15.5 Å². The lowest BCUT2D eigenvalue weighted by Crippen LogP contribution is -2.09. The Morgan fingerprint density at radius 1 is 1.32 bits per heavy atom. The molecular weight excluding hydrogens is 302 g/mol. The van der Waals surface area contributed by atoms with E-state index in [9.17, 15) is 8.42 Å². The van der Waals surface area contributed by atoms with Gasteiger partial charge in [0.1, 0.15) is 0 Å². The highest BCUT2D eigenvalue weighted by Gasteiger charge is 2.16. The largest absolute Gasteiger partial charge is 0.339 e. The van der Waals surface area contributed by atoms with Gasteiger partial charge in [-0.25, -0.2) is 8.42 Å². The maximum Gasteiger partial charge on any atom is 0.226 e. The summed E-state index contributed by atoms with van der Waals surface area (Å²) in [6.07, 6.45) is 4.21. The second kappa shape index (κ2) is 6.18. The Morgan fingerprint density at radius 3 is 2.73 bits per heavy atom. The zero-order valence-electron chi connectivity index (χ0n) is 12.4. The van der Waals surface area contributed by atoms with Crippen molar-refractivity contribution in [3.63, 3.8) is 0 Å². The summed E-state index contributed by atoms with van der Waals surface area (Å²) in [7, 11) is -3.18. The predicted molar refractivity (Wildman–Crippen MR) is 82.1 cm³/mol. The Kier molecular flexibility index (Phi) is 4.26. The first kappa shape index (κ1) is 15.2. The summed E-state index contributed by atoms with van der Waals surface area (Å²) in [5.74, 6) is 1.82. The third-order valence-electron chi connectivity index (χ3n) is 3.94. The second-order valence-electron chi connectivity index (χ2n) is 5.71. The third kappa shape index (κ3) is 3.53. The first-order chi connectivity index (χ1) is 10.5. The number of hydrogen-bond donors (Lipinski definition) is 1. The van der Waals surface area contributed by atoms with Gasteiger partial charge >= 0.3 is 0 Å². The summed E-state index contributed by atoms with van der Waals surface area (Å²) >= 11 is 0. The van der Waals surface area contributed by atoms with Crippen molar-refractivity contribution in [1.29, 1.82) is 0 Å². The predicted octanol–water partition coefficient (Wildman–Crippen LogP) is 1.68. The first-order valence-electron chi connectivity index (χ1n) is 7.36. The van der Waals surface area contributed by atoms with E-state index in [1.54, 1.807) is 24.3 Å². The lowest BCUT2D eigenvalue weighted by Gasteiger charge is -2.03. The Morgan fingerprint density at radius 2 is 2.09 bits per heavy atom. The molecule has 0 spiro atoms. The summed E-state index contributed by atoms with van der Waals surface area (Å²) in [6.45, 7) is 2.15. The number of aryl methyl sites for hydroxylation is 1. The SMILES string of the molecule is CS(=O)(=O)c1ccc(-c2noc(CCC3CCNC3)n2)cc1. The quantitative estimate of drug-likeness (QED) is 0.902. The van der Waals surface area contributed by atoms with E-state index >= 15 is 0 Å². The van der Waals surface area contributed by atoms with Crippen molar-refractivity contribution in [2.24, 2.45) is 5.92 Å². The van der Waals surface area contributed by atoms with Gasteiger partial charge in [0, 0.05) is 18.2 Å². The molecule has 1 aromatic carbocycles. The van der Waals surface area contributed by atoms with E-state index in [0.29, 0.717) is 17.6 Å². The van der Waals surface area contributed by atoms with Crippen LogP contribution in [-0.4, -0.2) is 37.9 Å². The number of benzene rings is 1. The number of sulfone groups is 1. The van der Waals surface area contributed by atoms with Crippen LogP contribution >= 0.6 is 0 Å². The molecule has 0 saturated carbocycles. The summed E-state index contributed by atoms with van der Waals surface area (Å²) < 4.78 is 28.2. The number of aromatic nitrogens is 2. The summed E-state index contributed by atoms with van der Waals surface area (Å²) in [5, 5.41) is 7.31. The van der Waals surface area contributed by atoms with Gasteiger partial charge in [0.15, 0.2) is 9.84 Å². The smallest absolute Gasteiger partial charge is 0.226 e. The zero-order valence-corrected chi connectivity index (χ0v) is 13.3. The molecule has 0 amide bonds. The van der Waals surface area contributed by atoms with Gasteiger partial charge < -0.3 is 9.84 Å². The van der Waals surface area contributed by atoms with Gasteiger partial charge in [-0.1, -0.05) is 5.16 Å². The average Bonchev–Trinajstić information content (AvgIpc) is 3.16. The van der Waals surface area contributed by atoms with Crippen molar-refractivity contribution >= 4 is 9.84 Å². The van der Waals surface area contributed by atoms with E-state index in [-0.39, 0.29) is 4.90 Å². The van der Waals surface area contributed by atoms with Gasteiger partial charge in [0.2, 0.25) is 11.7 Å². The molecule has 1 fully saturated rings. The highest BCUT2D eigenvalue weighted by molar-refractivity contribution is 7.90. The van der Waals surface area contributed by atoms with Crippen molar-refractivity contribution in [1.82, 2.24) is 15.5 Å². The minimum atomic E-state index is -3.18. The van der Waals surface area contributed by atoms with Crippen molar-refractivity contribution < 1.29 is 12.9 Å². The number of nitrogens with zero attached hydrogens (tertiary/aromatic N) is 2. The molecule has 2 heterocycles. The third-order valence-corrected chi connectivity index (χ3v) is 5.07. The van der Waals surface area contributed by atoms with Crippen LogP contribution in [0, 0.1) is 5.92 Å². The number of nitrogens with one attached hydrogen (secondary N) is 1. The lowest BCUT2D eigenvalue weighted by atomic mass is 10.0. The normalized spacial score (nSPS) is 18.7. The van der Waals surface area contributed by atoms with Crippen molar-refractivity contribution in [3.05, 3.63) is 30.2 Å². The van der Waals surface area contributed by atoms with Crippen LogP contribution in [0.4, 0.5) is 0 Å². The topological polar surface area (TPSA) is 85.1 Å². The molecule has 6 nitrogen and oxygen atoms in total. The van der Waals surface area contributed by atoms with Crippen molar-refractivity contribution in [2.75, 3.05) is 19.3 Å². The van der Waals surface area contributed by atoms with Gasteiger partial charge in [-0.2, -0.15) is 4.98 Å². The minimum Gasteiger partial charge on any atom is -0.339 e. The lowest BCUT2D eigenvalue weighted by molar-refractivity contribution is 0.365. The molecule has 1 atom stereocenters. The highest BCUT2D eigenvalue weighted by Crippen LogP contribution is 2.20. The van der Waals surface area contributed by atoms with Crippen LogP contribution in [0.25, 0.3) is 11.4 Å². The molecule has 1 aliphatic rings. The van der Waals surface area contributed by atoms with Crippen LogP contribution in [-0.2, 0) is 16.3 Å². The van der Waals surface area contributed by atoms with E-state index in [1.165, 1.54) is 12.7 Å². The van der Waals surface area contributed by atoms with Crippen molar-refractivity contribution in [3.8, 4) is 11.4 Å². The maximum absolute atomic E-state index is 11.4. The molecule has 22 heavy (non-hydrogen) atoms. The molecule has 0 aliphatic carbocycles. The molecule has 1 aliphatic heterocycles. The zero-order chi connectivity index (χ0) is 15.6. The highest BCUT2D eigenvalue weighted by atomic mass is 32.2. The van der Waals surface area contributed by atoms with Crippen LogP contribution in [0.2, 0.25) is 0 Å². The molecule has 1 unspecified atom stereocenters. The Labute approximate surface area is 129 Å². The number of rotatable bonds is 5. The second-order valence-corrected chi connectivity index (χ2v) is 7.72. The fraction of sp³-hybridized carbons (Fsp3) is 0.467. The van der Waals surface area contributed by atoms with Crippen LogP contribution in [0.1, 0.15) is 18.7 Å². The molecule has 118 valence electrons. The fourth-order valence-corrected chi connectivity index (χ4v) is 3.24. The van der Waals surface area contributed by atoms with Crippen LogP contribution in [0.5, 0.6) is 0 Å². The molecule has 7 heteroatoms. The minimum absolute atomic E-state index is 0.286. The van der Waals surface area contributed by atoms with Gasteiger partial charge in [0.05, 0.1) is 4.90 Å². The van der Waals surface area contributed by atoms with Gasteiger partial charge in [-0.05, 0) is 56.1 Å². The van der Waals surface area contributed by atoms with Gasteiger partial charge in [0.25, 0.3) is 0 Å².